The number of likely N-dealkylation sites (tertiary alicyclic amines) is 1. The van der Waals surface area contributed by atoms with Crippen molar-refractivity contribution in [3.05, 3.63) is 108 Å². The summed E-state index contributed by atoms with van der Waals surface area (Å²) in [5, 5.41) is 0. The van der Waals surface area contributed by atoms with E-state index in [4.69, 9.17) is 0 Å². The van der Waals surface area contributed by atoms with Gasteiger partial charge in [0, 0.05) is 6.54 Å². The van der Waals surface area contributed by atoms with Gasteiger partial charge in [-0.25, -0.2) is 0 Å². The first-order valence-electron chi connectivity index (χ1n) is 9.25. The third-order valence-electron chi connectivity index (χ3n) is 5.18. The molecule has 0 N–H and O–H groups in total. The highest BCUT2D eigenvalue weighted by atomic mass is 16.2. The molecule has 1 heterocycles. The van der Waals surface area contributed by atoms with Crippen LogP contribution in [0, 0.1) is 0 Å². The summed E-state index contributed by atoms with van der Waals surface area (Å²) in [6, 6.07) is 29.2. The maximum atomic E-state index is 13.2. The standard InChI is InChI=1S/C24H21NO2/c26-23-21(19-12-6-2-7-13-19)22(20-14-8-3-9-15-20)24(27)25(23)17-16-18-10-4-1-5-11-18/h1-15,21-22H,16-17H2. The van der Waals surface area contributed by atoms with E-state index in [9.17, 15) is 9.59 Å². The predicted molar refractivity (Wildman–Crippen MR) is 105 cm³/mol. The van der Waals surface area contributed by atoms with Crippen LogP contribution in [0.1, 0.15) is 28.5 Å². The van der Waals surface area contributed by atoms with Crippen molar-refractivity contribution in [2.75, 3.05) is 6.54 Å². The maximum absolute atomic E-state index is 13.2. The Morgan fingerprint density at radius 1 is 0.593 bits per heavy atom. The Kier molecular flexibility index (Phi) is 4.84. The van der Waals surface area contributed by atoms with Gasteiger partial charge in [0.05, 0.1) is 11.8 Å². The van der Waals surface area contributed by atoms with Crippen LogP contribution in [0.2, 0.25) is 0 Å². The van der Waals surface area contributed by atoms with Gasteiger partial charge < -0.3 is 0 Å². The molecule has 1 aliphatic heterocycles. The summed E-state index contributed by atoms with van der Waals surface area (Å²) in [7, 11) is 0. The second kappa shape index (κ2) is 7.58. The van der Waals surface area contributed by atoms with Gasteiger partial charge in [-0.15, -0.1) is 0 Å². The zero-order chi connectivity index (χ0) is 18.6. The van der Waals surface area contributed by atoms with Crippen molar-refractivity contribution < 1.29 is 9.59 Å². The largest absolute Gasteiger partial charge is 0.281 e. The predicted octanol–water partition coefficient (Wildman–Crippen LogP) is 4.17. The smallest absolute Gasteiger partial charge is 0.237 e. The van der Waals surface area contributed by atoms with Crippen LogP contribution >= 0.6 is 0 Å². The highest BCUT2D eigenvalue weighted by Crippen LogP contribution is 2.41. The lowest BCUT2D eigenvalue weighted by Gasteiger charge is -2.15. The number of carbonyl (C=O) groups is 2. The molecule has 0 radical (unpaired) electrons. The maximum Gasteiger partial charge on any atom is 0.237 e. The Morgan fingerprint density at radius 3 is 1.44 bits per heavy atom. The number of hydrogen-bond acceptors (Lipinski definition) is 2. The van der Waals surface area contributed by atoms with Crippen LogP contribution in [-0.4, -0.2) is 23.3 Å². The minimum atomic E-state index is -0.461. The minimum Gasteiger partial charge on any atom is -0.281 e. The van der Waals surface area contributed by atoms with Gasteiger partial charge >= 0.3 is 0 Å². The van der Waals surface area contributed by atoms with E-state index in [0.717, 1.165) is 16.7 Å². The lowest BCUT2D eigenvalue weighted by Crippen LogP contribution is -2.32. The zero-order valence-electron chi connectivity index (χ0n) is 15.0. The van der Waals surface area contributed by atoms with Crippen molar-refractivity contribution in [1.82, 2.24) is 4.90 Å². The molecule has 0 aromatic heterocycles. The number of carbonyl (C=O) groups excluding carboxylic acids is 2. The van der Waals surface area contributed by atoms with Crippen LogP contribution in [0.25, 0.3) is 0 Å². The molecule has 27 heavy (non-hydrogen) atoms. The van der Waals surface area contributed by atoms with Crippen LogP contribution in [0.4, 0.5) is 0 Å². The quantitative estimate of drug-likeness (QED) is 0.644. The van der Waals surface area contributed by atoms with Crippen molar-refractivity contribution in [2.45, 2.75) is 18.3 Å². The normalized spacial score (nSPS) is 19.5. The van der Waals surface area contributed by atoms with Gasteiger partial charge in [-0.2, -0.15) is 0 Å². The molecule has 0 bridgehead atoms. The van der Waals surface area contributed by atoms with E-state index in [2.05, 4.69) is 0 Å². The van der Waals surface area contributed by atoms with E-state index in [-0.39, 0.29) is 11.8 Å². The first-order valence-corrected chi connectivity index (χ1v) is 9.25. The number of rotatable bonds is 5. The Balaban J connectivity index is 1.66. The SMILES string of the molecule is O=C1C(c2ccccc2)C(c2ccccc2)C(=O)N1CCc1ccccc1. The lowest BCUT2D eigenvalue weighted by molar-refractivity contribution is -0.138. The first kappa shape index (κ1) is 17.2. The molecule has 0 saturated carbocycles. The van der Waals surface area contributed by atoms with E-state index in [1.54, 1.807) is 0 Å². The second-order valence-electron chi connectivity index (χ2n) is 6.84. The lowest BCUT2D eigenvalue weighted by atomic mass is 9.83. The van der Waals surface area contributed by atoms with E-state index < -0.39 is 11.8 Å². The Morgan fingerprint density at radius 2 is 1.00 bits per heavy atom. The molecule has 2 atom stereocenters. The molecule has 2 unspecified atom stereocenters. The summed E-state index contributed by atoms with van der Waals surface area (Å²) < 4.78 is 0. The van der Waals surface area contributed by atoms with Gasteiger partial charge in [-0.1, -0.05) is 91.0 Å². The van der Waals surface area contributed by atoms with Crippen molar-refractivity contribution in [3.63, 3.8) is 0 Å². The highest BCUT2D eigenvalue weighted by Gasteiger charge is 2.48. The molecule has 1 fully saturated rings. The molecule has 3 heteroatoms. The molecule has 2 amide bonds. The molecule has 0 aliphatic carbocycles. The summed E-state index contributed by atoms with van der Waals surface area (Å²) in [4.78, 5) is 27.9. The Hall–Kier alpha value is -3.20. The van der Waals surface area contributed by atoms with E-state index >= 15 is 0 Å². The van der Waals surface area contributed by atoms with Gasteiger partial charge in [0.1, 0.15) is 0 Å². The molecule has 3 aromatic carbocycles. The highest BCUT2D eigenvalue weighted by molar-refractivity contribution is 6.10. The van der Waals surface area contributed by atoms with Crippen LogP contribution in [0.15, 0.2) is 91.0 Å². The van der Waals surface area contributed by atoms with Crippen LogP contribution in [-0.2, 0) is 16.0 Å². The van der Waals surface area contributed by atoms with Gasteiger partial charge in [0.2, 0.25) is 11.8 Å². The molecule has 3 aromatic rings. The first-order chi connectivity index (χ1) is 13.3. The summed E-state index contributed by atoms with van der Waals surface area (Å²) in [6.45, 7) is 0.411. The second-order valence-corrected chi connectivity index (χ2v) is 6.84. The van der Waals surface area contributed by atoms with Crippen LogP contribution < -0.4 is 0 Å². The third kappa shape index (κ3) is 3.41. The summed E-state index contributed by atoms with van der Waals surface area (Å²) in [5.74, 6) is -1.12. The number of benzene rings is 3. The molecule has 1 saturated heterocycles. The van der Waals surface area contributed by atoms with E-state index in [0.29, 0.717) is 13.0 Å². The number of amides is 2. The fraction of sp³-hybridized carbons (Fsp3) is 0.167. The average Bonchev–Trinajstić information content (AvgIpc) is 2.98. The topological polar surface area (TPSA) is 37.4 Å². The third-order valence-corrected chi connectivity index (χ3v) is 5.18. The number of imide groups is 1. The van der Waals surface area contributed by atoms with Crippen LogP contribution in [0.3, 0.4) is 0 Å². The van der Waals surface area contributed by atoms with Crippen molar-refractivity contribution in [1.29, 1.82) is 0 Å². The van der Waals surface area contributed by atoms with Crippen molar-refractivity contribution in [2.24, 2.45) is 0 Å². The van der Waals surface area contributed by atoms with Gasteiger partial charge in [0.15, 0.2) is 0 Å². The molecule has 1 aliphatic rings. The Labute approximate surface area is 159 Å². The van der Waals surface area contributed by atoms with E-state index in [1.165, 1.54) is 4.90 Å². The molecule has 134 valence electrons. The van der Waals surface area contributed by atoms with Gasteiger partial charge in [-0.3, -0.25) is 14.5 Å². The van der Waals surface area contributed by atoms with Crippen molar-refractivity contribution in [3.8, 4) is 0 Å². The van der Waals surface area contributed by atoms with E-state index in [1.807, 2.05) is 91.0 Å². The molecule has 0 spiro atoms. The summed E-state index contributed by atoms with van der Waals surface area (Å²) >= 11 is 0. The summed E-state index contributed by atoms with van der Waals surface area (Å²) in [5.41, 5.74) is 2.91. The zero-order valence-corrected chi connectivity index (χ0v) is 15.0. The number of hydrogen-bond donors (Lipinski definition) is 0. The molecule has 4 rings (SSSR count). The molecular formula is C24H21NO2. The molecule has 3 nitrogen and oxygen atoms in total. The van der Waals surface area contributed by atoms with Crippen molar-refractivity contribution >= 4 is 11.8 Å². The number of nitrogens with zero attached hydrogens (tertiary/aromatic N) is 1. The minimum absolute atomic E-state index is 0.101. The summed E-state index contributed by atoms with van der Waals surface area (Å²) in [6.07, 6.45) is 0.668. The van der Waals surface area contributed by atoms with Gasteiger partial charge in [0.25, 0.3) is 0 Å². The Bertz CT molecular complexity index is 865. The van der Waals surface area contributed by atoms with Gasteiger partial charge in [-0.05, 0) is 23.1 Å². The fourth-order valence-corrected chi connectivity index (χ4v) is 3.83. The average molecular weight is 355 g/mol. The monoisotopic (exact) mass is 355 g/mol. The fourth-order valence-electron chi connectivity index (χ4n) is 3.83. The molecular weight excluding hydrogens is 334 g/mol. The van der Waals surface area contributed by atoms with Crippen LogP contribution in [0.5, 0.6) is 0 Å².